The fourth-order valence-corrected chi connectivity index (χ4v) is 2.27. The summed E-state index contributed by atoms with van der Waals surface area (Å²) in [6, 6.07) is 7.22. The second kappa shape index (κ2) is 6.87. The number of aliphatic hydroxyl groups excluding tert-OH is 1. The molecule has 1 rings (SSSR count). The number of amides is 1. The largest absolute Gasteiger partial charge is 0.391 e. The van der Waals surface area contributed by atoms with Crippen LogP contribution in [0.3, 0.4) is 0 Å². The van der Waals surface area contributed by atoms with E-state index in [-0.39, 0.29) is 5.91 Å². The van der Waals surface area contributed by atoms with Crippen LogP contribution in [-0.2, 0) is 11.3 Å². The number of likely N-dealkylation sites (N-methyl/N-ethyl adjacent to an activating group) is 1. The summed E-state index contributed by atoms with van der Waals surface area (Å²) in [6.45, 7) is 2.07. The van der Waals surface area contributed by atoms with Crippen LogP contribution in [0.2, 0.25) is 0 Å². The van der Waals surface area contributed by atoms with Crippen LogP contribution in [-0.4, -0.2) is 42.2 Å². The van der Waals surface area contributed by atoms with Gasteiger partial charge < -0.3 is 10.4 Å². The van der Waals surface area contributed by atoms with E-state index < -0.39 is 12.1 Å². The molecule has 0 saturated carbocycles. The zero-order valence-electron chi connectivity index (χ0n) is 10.9. The summed E-state index contributed by atoms with van der Waals surface area (Å²) in [6.07, 6.45) is -0.706. The molecule has 0 radical (unpaired) electrons. The zero-order chi connectivity index (χ0) is 13.7. The molecule has 0 aliphatic carbocycles. The lowest BCUT2D eigenvalue weighted by atomic mass is 10.1. The molecule has 0 spiro atoms. The van der Waals surface area contributed by atoms with Crippen LogP contribution in [0.1, 0.15) is 12.5 Å². The first kappa shape index (κ1) is 15.1. The molecule has 0 unspecified atom stereocenters. The van der Waals surface area contributed by atoms with Crippen LogP contribution < -0.4 is 5.32 Å². The average molecular weight is 315 g/mol. The molecule has 1 aromatic rings. The SMILES string of the molecule is C[C@@H](O)[C@H](C(=O)NCc1cccc(Br)c1)N(C)C. The van der Waals surface area contributed by atoms with E-state index >= 15 is 0 Å². The first-order chi connectivity index (χ1) is 8.41. The molecule has 0 heterocycles. The number of hydrogen-bond donors (Lipinski definition) is 2. The van der Waals surface area contributed by atoms with Crippen molar-refractivity contribution in [2.75, 3.05) is 14.1 Å². The molecule has 18 heavy (non-hydrogen) atoms. The Morgan fingerprint density at radius 1 is 1.50 bits per heavy atom. The highest BCUT2D eigenvalue weighted by atomic mass is 79.9. The molecule has 1 amide bonds. The Kier molecular flexibility index (Phi) is 5.78. The summed E-state index contributed by atoms with van der Waals surface area (Å²) in [4.78, 5) is 13.7. The van der Waals surface area contributed by atoms with Gasteiger partial charge in [-0.05, 0) is 38.7 Å². The summed E-state index contributed by atoms with van der Waals surface area (Å²) in [5.41, 5.74) is 1.01. The van der Waals surface area contributed by atoms with E-state index in [0.29, 0.717) is 6.54 Å². The highest BCUT2D eigenvalue weighted by Gasteiger charge is 2.25. The number of carbonyl (C=O) groups excluding carboxylic acids is 1. The van der Waals surface area contributed by atoms with Crippen molar-refractivity contribution in [3.8, 4) is 0 Å². The van der Waals surface area contributed by atoms with Crippen molar-refractivity contribution in [1.29, 1.82) is 0 Å². The van der Waals surface area contributed by atoms with Crippen molar-refractivity contribution in [3.63, 3.8) is 0 Å². The Labute approximate surface area is 116 Å². The maximum Gasteiger partial charge on any atom is 0.240 e. The van der Waals surface area contributed by atoms with Crippen molar-refractivity contribution in [2.24, 2.45) is 0 Å². The zero-order valence-corrected chi connectivity index (χ0v) is 12.4. The van der Waals surface area contributed by atoms with Gasteiger partial charge in [0.25, 0.3) is 0 Å². The molecule has 100 valence electrons. The highest BCUT2D eigenvalue weighted by molar-refractivity contribution is 9.10. The molecule has 4 nitrogen and oxygen atoms in total. The minimum Gasteiger partial charge on any atom is -0.391 e. The molecule has 0 aromatic heterocycles. The lowest BCUT2D eigenvalue weighted by Crippen LogP contribution is -2.49. The molecule has 2 N–H and O–H groups in total. The number of rotatable bonds is 5. The van der Waals surface area contributed by atoms with Gasteiger partial charge in [0, 0.05) is 11.0 Å². The number of nitrogens with zero attached hydrogens (tertiary/aromatic N) is 1. The summed E-state index contributed by atoms with van der Waals surface area (Å²) in [7, 11) is 3.55. The standard InChI is InChI=1S/C13H19BrN2O2/c1-9(17)12(16(2)3)13(18)15-8-10-5-4-6-11(14)7-10/h4-7,9,12,17H,8H2,1-3H3,(H,15,18)/t9-,12-/m1/s1. The van der Waals surface area contributed by atoms with Gasteiger partial charge in [0.1, 0.15) is 6.04 Å². The molecule has 0 aliphatic heterocycles. The van der Waals surface area contributed by atoms with Gasteiger partial charge in [-0.25, -0.2) is 0 Å². The summed E-state index contributed by atoms with van der Waals surface area (Å²) in [5.74, 6) is -0.171. The number of carbonyl (C=O) groups is 1. The van der Waals surface area contributed by atoms with Crippen LogP contribution >= 0.6 is 15.9 Å². The minimum atomic E-state index is -0.706. The molecule has 0 bridgehead atoms. The van der Waals surface area contributed by atoms with Gasteiger partial charge in [0.05, 0.1) is 6.10 Å². The molecule has 1 aromatic carbocycles. The van der Waals surface area contributed by atoms with E-state index in [9.17, 15) is 9.90 Å². The van der Waals surface area contributed by atoms with Crippen molar-refractivity contribution < 1.29 is 9.90 Å². The Balaban J connectivity index is 2.60. The quantitative estimate of drug-likeness (QED) is 0.863. The van der Waals surface area contributed by atoms with E-state index in [2.05, 4.69) is 21.2 Å². The lowest BCUT2D eigenvalue weighted by Gasteiger charge is -2.25. The third-order valence-corrected chi connectivity index (χ3v) is 3.13. The summed E-state index contributed by atoms with van der Waals surface area (Å²) < 4.78 is 0.980. The van der Waals surface area contributed by atoms with E-state index in [1.54, 1.807) is 25.9 Å². The topological polar surface area (TPSA) is 52.6 Å². The third-order valence-electron chi connectivity index (χ3n) is 2.64. The van der Waals surface area contributed by atoms with Gasteiger partial charge in [-0.1, -0.05) is 28.1 Å². The fourth-order valence-electron chi connectivity index (χ4n) is 1.83. The molecule has 0 saturated heterocycles. The van der Waals surface area contributed by atoms with Crippen LogP contribution in [0.5, 0.6) is 0 Å². The summed E-state index contributed by atoms with van der Waals surface area (Å²) >= 11 is 3.38. The van der Waals surface area contributed by atoms with Gasteiger partial charge in [-0.2, -0.15) is 0 Å². The van der Waals surface area contributed by atoms with Crippen LogP contribution in [0.15, 0.2) is 28.7 Å². The molecular formula is C13H19BrN2O2. The maximum atomic E-state index is 12.0. The minimum absolute atomic E-state index is 0.171. The number of nitrogens with one attached hydrogen (secondary N) is 1. The number of benzene rings is 1. The van der Waals surface area contributed by atoms with Crippen LogP contribution in [0.4, 0.5) is 0 Å². The first-order valence-electron chi connectivity index (χ1n) is 5.78. The average Bonchev–Trinajstić information content (AvgIpc) is 2.25. The van der Waals surface area contributed by atoms with Gasteiger partial charge in [-0.15, -0.1) is 0 Å². The predicted octanol–water partition coefficient (Wildman–Crippen LogP) is 1.38. The Bertz CT molecular complexity index is 400. The highest BCUT2D eigenvalue weighted by Crippen LogP contribution is 2.11. The van der Waals surface area contributed by atoms with Gasteiger partial charge in [0.2, 0.25) is 5.91 Å². The first-order valence-corrected chi connectivity index (χ1v) is 6.57. The Morgan fingerprint density at radius 2 is 2.17 bits per heavy atom. The summed E-state index contributed by atoms with van der Waals surface area (Å²) in [5, 5.41) is 12.4. The second-order valence-electron chi connectivity index (χ2n) is 4.50. The number of aliphatic hydroxyl groups is 1. The predicted molar refractivity (Wildman–Crippen MR) is 75.1 cm³/mol. The monoisotopic (exact) mass is 314 g/mol. The molecule has 5 heteroatoms. The van der Waals surface area contributed by atoms with Crippen LogP contribution in [0.25, 0.3) is 0 Å². The van der Waals surface area contributed by atoms with Gasteiger partial charge >= 0.3 is 0 Å². The van der Waals surface area contributed by atoms with E-state index in [1.165, 1.54) is 0 Å². The molecular weight excluding hydrogens is 296 g/mol. The number of halogens is 1. The molecule has 0 aliphatic rings. The van der Waals surface area contributed by atoms with Crippen molar-refractivity contribution >= 4 is 21.8 Å². The van der Waals surface area contributed by atoms with Gasteiger partial charge in [-0.3, -0.25) is 9.69 Å². The molecule has 0 fully saturated rings. The van der Waals surface area contributed by atoms with Gasteiger partial charge in [0.15, 0.2) is 0 Å². The van der Waals surface area contributed by atoms with E-state index in [1.807, 2.05) is 24.3 Å². The molecule has 2 atom stereocenters. The van der Waals surface area contributed by atoms with E-state index in [0.717, 1.165) is 10.0 Å². The fraction of sp³-hybridized carbons (Fsp3) is 0.462. The van der Waals surface area contributed by atoms with Crippen molar-refractivity contribution in [2.45, 2.75) is 25.6 Å². The van der Waals surface area contributed by atoms with Crippen LogP contribution in [0, 0.1) is 0 Å². The third kappa shape index (κ3) is 4.40. The van der Waals surface area contributed by atoms with Crippen molar-refractivity contribution in [3.05, 3.63) is 34.3 Å². The Morgan fingerprint density at radius 3 is 2.67 bits per heavy atom. The van der Waals surface area contributed by atoms with Crippen molar-refractivity contribution in [1.82, 2.24) is 10.2 Å². The maximum absolute atomic E-state index is 12.0. The second-order valence-corrected chi connectivity index (χ2v) is 5.41. The van der Waals surface area contributed by atoms with E-state index in [4.69, 9.17) is 0 Å². The Hall–Kier alpha value is -0.910. The smallest absolute Gasteiger partial charge is 0.240 e. The normalized spacial score (nSPS) is 14.3. The lowest BCUT2D eigenvalue weighted by molar-refractivity contribution is -0.129. The number of hydrogen-bond acceptors (Lipinski definition) is 3.